The summed E-state index contributed by atoms with van der Waals surface area (Å²) >= 11 is 0. The maximum Gasteiger partial charge on any atom is 0.265 e. The fraction of sp³-hybridized carbons (Fsp3) is 0.636. The van der Waals surface area contributed by atoms with Crippen LogP contribution in [-0.2, 0) is 19.6 Å². The second-order valence-electron chi connectivity index (χ2n) is 8.80. The molecule has 2 fully saturated rings. The SMILES string of the molecule is CC1CCCCC1NC(=O)CN1C(=O)COc2cc(S(=O)(=O)N3CCCCC3)ccc21. The van der Waals surface area contributed by atoms with E-state index in [0.29, 0.717) is 30.4 Å². The molecule has 1 aromatic rings. The lowest BCUT2D eigenvalue weighted by molar-refractivity contribution is -0.126. The zero-order valence-corrected chi connectivity index (χ0v) is 18.8. The quantitative estimate of drug-likeness (QED) is 0.744. The van der Waals surface area contributed by atoms with E-state index in [2.05, 4.69) is 12.2 Å². The number of fused-ring (bicyclic) bond motifs is 1. The van der Waals surface area contributed by atoms with Crippen molar-refractivity contribution in [2.24, 2.45) is 5.92 Å². The van der Waals surface area contributed by atoms with Crippen molar-refractivity contribution in [2.45, 2.75) is 62.8 Å². The first kappa shape index (κ1) is 22.1. The fourth-order valence-electron chi connectivity index (χ4n) is 4.70. The number of piperidine rings is 1. The topological polar surface area (TPSA) is 96.0 Å². The number of rotatable bonds is 5. The van der Waals surface area contributed by atoms with Gasteiger partial charge in [-0.25, -0.2) is 8.42 Å². The molecule has 2 amide bonds. The van der Waals surface area contributed by atoms with E-state index in [1.54, 1.807) is 6.07 Å². The molecular formula is C22H31N3O5S. The van der Waals surface area contributed by atoms with Crippen LogP contribution in [0, 0.1) is 5.92 Å². The van der Waals surface area contributed by atoms with Gasteiger partial charge < -0.3 is 10.1 Å². The summed E-state index contributed by atoms with van der Waals surface area (Å²) in [6, 6.07) is 4.67. The Bertz CT molecular complexity index is 942. The van der Waals surface area contributed by atoms with E-state index in [0.717, 1.165) is 38.5 Å². The van der Waals surface area contributed by atoms with Crippen LogP contribution >= 0.6 is 0 Å². The highest BCUT2D eigenvalue weighted by molar-refractivity contribution is 7.89. The van der Waals surface area contributed by atoms with Crippen LogP contribution in [0.2, 0.25) is 0 Å². The Morgan fingerprint density at radius 3 is 2.61 bits per heavy atom. The van der Waals surface area contributed by atoms with E-state index in [1.807, 2.05) is 0 Å². The van der Waals surface area contributed by atoms with Gasteiger partial charge in [-0.05, 0) is 43.7 Å². The standard InChI is InChI=1S/C22H31N3O5S/c1-16-7-3-4-8-18(16)23-21(26)14-25-19-10-9-17(13-20(19)30-15-22(25)27)31(28,29)24-11-5-2-6-12-24/h9-10,13,16,18H,2-8,11-12,14-15H2,1H3,(H,23,26). The lowest BCUT2D eigenvalue weighted by Gasteiger charge is -2.32. The highest BCUT2D eigenvalue weighted by Gasteiger charge is 2.32. The Kier molecular flexibility index (Phi) is 6.52. The molecule has 1 N–H and O–H groups in total. The number of hydrogen-bond donors (Lipinski definition) is 1. The average Bonchev–Trinajstić information content (AvgIpc) is 2.77. The largest absolute Gasteiger partial charge is 0.482 e. The van der Waals surface area contributed by atoms with E-state index < -0.39 is 10.0 Å². The summed E-state index contributed by atoms with van der Waals surface area (Å²) in [7, 11) is -3.60. The van der Waals surface area contributed by atoms with Crippen molar-refractivity contribution in [1.82, 2.24) is 9.62 Å². The molecule has 8 nitrogen and oxygen atoms in total. The van der Waals surface area contributed by atoms with Crippen molar-refractivity contribution in [3.8, 4) is 5.75 Å². The van der Waals surface area contributed by atoms with E-state index in [4.69, 9.17) is 4.74 Å². The third-order valence-electron chi connectivity index (χ3n) is 6.59. The first-order chi connectivity index (χ1) is 14.9. The smallest absolute Gasteiger partial charge is 0.265 e. The van der Waals surface area contributed by atoms with Gasteiger partial charge in [0.05, 0.1) is 10.6 Å². The summed E-state index contributed by atoms with van der Waals surface area (Å²) in [6.45, 7) is 2.86. The molecule has 1 saturated heterocycles. The van der Waals surface area contributed by atoms with Gasteiger partial charge in [0.15, 0.2) is 6.61 Å². The van der Waals surface area contributed by atoms with Gasteiger partial charge in [0, 0.05) is 25.2 Å². The molecule has 2 unspecified atom stereocenters. The molecule has 0 bridgehead atoms. The third-order valence-corrected chi connectivity index (χ3v) is 8.48. The first-order valence-electron chi connectivity index (χ1n) is 11.2. The first-order valence-corrected chi connectivity index (χ1v) is 12.7. The molecular weight excluding hydrogens is 418 g/mol. The van der Waals surface area contributed by atoms with Crippen molar-refractivity contribution in [2.75, 3.05) is 31.1 Å². The summed E-state index contributed by atoms with van der Waals surface area (Å²) in [4.78, 5) is 26.7. The lowest BCUT2D eigenvalue weighted by atomic mass is 9.86. The normalized spacial score (nSPS) is 24.9. The molecule has 31 heavy (non-hydrogen) atoms. The Labute approximate surface area is 184 Å². The number of carbonyl (C=O) groups excluding carboxylic acids is 2. The van der Waals surface area contributed by atoms with Crippen LogP contribution in [0.3, 0.4) is 0 Å². The Morgan fingerprint density at radius 2 is 1.87 bits per heavy atom. The Morgan fingerprint density at radius 1 is 1.13 bits per heavy atom. The third kappa shape index (κ3) is 4.72. The average molecular weight is 450 g/mol. The van der Waals surface area contributed by atoms with Gasteiger partial charge in [0.25, 0.3) is 5.91 Å². The van der Waals surface area contributed by atoms with Crippen molar-refractivity contribution in [3.05, 3.63) is 18.2 Å². The summed E-state index contributed by atoms with van der Waals surface area (Å²) in [6.07, 6.45) is 7.10. The molecule has 0 radical (unpaired) electrons. The minimum atomic E-state index is -3.60. The highest BCUT2D eigenvalue weighted by atomic mass is 32.2. The maximum absolute atomic E-state index is 13.0. The van der Waals surface area contributed by atoms with Gasteiger partial charge in [0.1, 0.15) is 12.3 Å². The lowest BCUT2D eigenvalue weighted by Crippen LogP contribution is -2.49. The van der Waals surface area contributed by atoms with Crippen molar-refractivity contribution < 1.29 is 22.7 Å². The molecule has 1 aromatic carbocycles. The molecule has 3 aliphatic rings. The number of sulfonamides is 1. The fourth-order valence-corrected chi connectivity index (χ4v) is 6.23. The molecule has 0 spiro atoms. The molecule has 2 aliphatic heterocycles. The Balaban J connectivity index is 1.50. The van der Waals surface area contributed by atoms with Crippen LogP contribution in [0.5, 0.6) is 5.75 Å². The van der Waals surface area contributed by atoms with Crippen molar-refractivity contribution >= 4 is 27.5 Å². The molecule has 2 heterocycles. The van der Waals surface area contributed by atoms with E-state index in [-0.39, 0.29) is 35.9 Å². The zero-order valence-electron chi connectivity index (χ0n) is 18.0. The van der Waals surface area contributed by atoms with Gasteiger partial charge in [-0.15, -0.1) is 0 Å². The molecule has 9 heteroatoms. The number of anilines is 1. The number of nitrogens with zero attached hydrogens (tertiary/aromatic N) is 2. The van der Waals surface area contributed by atoms with E-state index in [1.165, 1.54) is 27.8 Å². The molecule has 2 atom stereocenters. The Hall–Kier alpha value is -2.13. The van der Waals surface area contributed by atoms with Crippen LogP contribution < -0.4 is 15.0 Å². The van der Waals surface area contributed by atoms with Crippen molar-refractivity contribution in [1.29, 1.82) is 0 Å². The zero-order chi connectivity index (χ0) is 22.0. The predicted molar refractivity (Wildman–Crippen MR) is 116 cm³/mol. The molecule has 1 aliphatic carbocycles. The van der Waals surface area contributed by atoms with Crippen LogP contribution in [0.25, 0.3) is 0 Å². The molecule has 0 aromatic heterocycles. The van der Waals surface area contributed by atoms with Crippen LogP contribution in [0.4, 0.5) is 5.69 Å². The van der Waals surface area contributed by atoms with Gasteiger partial charge in [-0.2, -0.15) is 4.31 Å². The highest BCUT2D eigenvalue weighted by Crippen LogP contribution is 2.35. The summed E-state index contributed by atoms with van der Waals surface area (Å²) in [5, 5.41) is 3.07. The number of carbonyl (C=O) groups is 2. The minimum Gasteiger partial charge on any atom is -0.482 e. The predicted octanol–water partition coefficient (Wildman–Crippen LogP) is 2.28. The summed E-state index contributed by atoms with van der Waals surface area (Å²) in [5.74, 6) is 0.223. The number of amides is 2. The number of ether oxygens (including phenoxy) is 1. The second kappa shape index (κ2) is 9.16. The second-order valence-corrected chi connectivity index (χ2v) is 10.7. The number of benzene rings is 1. The van der Waals surface area contributed by atoms with Gasteiger partial charge >= 0.3 is 0 Å². The van der Waals surface area contributed by atoms with Gasteiger partial charge in [-0.3, -0.25) is 14.5 Å². The van der Waals surface area contributed by atoms with Gasteiger partial charge in [0.2, 0.25) is 15.9 Å². The van der Waals surface area contributed by atoms with Crippen LogP contribution in [0.15, 0.2) is 23.1 Å². The summed E-state index contributed by atoms with van der Waals surface area (Å²) in [5.41, 5.74) is 0.431. The molecule has 4 rings (SSSR count). The van der Waals surface area contributed by atoms with Crippen molar-refractivity contribution in [3.63, 3.8) is 0 Å². The van der Waals surface area contributed by atoms with E-state index in [9.17, 15) is 18.0 Å². The van der Waals surface area contributed by atoms with Crippen LogP contribution in [0.1, 0.15) is 51.9 Å². The van der Waals surface area contributed by atoms with Crippen LogP contribution in [-0.4, -0.2) is 56.8 Å². The summed E-state index contributed by atoms with van der Waals surface area (Å²) < 4.78 is 33.0. The number of hydrogen-bond acceptors (Lipinski definition) is 5. The number of nitrogens with one attached hydrogen (secondary N) is 1. The van der Waals surface area contributed by atoms with E-state index >= 15 is 0 Å². The van der Waals surface area contributed by atoms with Gasteiger partial charge in [-0.1, -0.05) is 26.2 Å². The maximum atomic E-state index is 13.0. The molecule has 170 valence electrons. The monoisotopic (exact) mass is 449 g/mol. The molecule has 1 saturated carbocycles. The minimum absolute atomic E-state index is 0.101.